The molecule has 1 fully saturated rings. The molecule has 0 aromatic heterocycles. The van der Waals surface area contributed by atoms with Crippen LogP contribution in [0.4, 0.5) is 5.69 Å². The van der Waals surface area contributed by atoms with E-state index >= 15 is 0 Å². The zero-order valence-electron chi connectivity index (χ0n) is 13.6. The van der Waals surface area contributed by atoms with Gasteiger partial charge in [-0.05, 0) is 24.6 Å². The van der Waals surface area contributed by atoms with Crippen LogP contribution in [0.25, 0.3) is 0 Å². The molecule has 0 aliphatic carbocycles. The largest absolute Gasteiger partial charge is 0.321 e. The Balaban J connectivity index is 1.76. The Morgan fingerprint density at radius 2 is 2.15 bits per heavy atom. The summed E-state index contributed by atoms with van der Waals surface area (Å²) in [5.74, 6) is -0.904. The first-order valence-corrected chi connectivity index (χ1v) is 10.1. The molecule has 0 bridgehead atoms. The minimum absolute atomic E-state index is 0.0161. The first-order chi connectivity index (χ1) is 12.3. The number of benzene rings is 1. The Morgan fingerprint density at radius 3 is 2.77 bits per heavy atom. The van der Waals surface area contributed by atoms with E-state index in [4.69, 9.17) is 16.9 Å². The molecule has 8 nitrogen and oxygen atoms in total. The summed E-state index contributed by atoms with van der Waals surface area (Å²) >= 11 is 5.94. The van der Waals surface area contributed by atoms with Crippen molar-refractivity contribution in [3.8, 4) is 6.07 Å². The number of carbonyl (C=O) groups is 2. The van der Waals surface area contributed by atoms with E-state index in [9.17, 15) is 18.0 Å². The fraction of sp³-hybridized carbons (Fsp3) is 0.375. The number of anilines is 1. The zero-order valence-corrected chi connectivity index (χ0v) is 15.2. The number of nitrogens with one attached hydrogen (secondary N) is 1. The molecule has 3 rings (SSSR count). The van der Waals surface area contributed by atoms with Gasteiger partial charge in [-0.15, -0.1) is 0 Å². The summed E-state index contributed by atoms with van der Waals surface area (Å²) < 4.78 is 23.3. The average Bonchev–Trinajstić information content (AvgIpc) is 2.95. The second-order valence-electron chi connectivity index (χ2n) is 6.10. The van der Waals surface area contributed by atoms with Crippen molar-refractivity contribution in [1.82, 2.24) is 5.01 Å². The Labute approximate surface area is 155 Å². The van der Waals surface area contributed by atoms with Crippen molar-refractivity contribution in [2.45, 2.75) is 25.3 Å². The minimum atomic E-state index is -3.17. The SMILES string of the molecule is N#Cc1ccc(NC(=O)C2=NN([C@H]3CCS(=O)(=O)C3)C(=O)CC2)cc1Cl. The van der Waals surface area contributed by atoms with Crippen LogP contribution in [0.15, 0.2) is 23.3 Å². The van der Waals surface area contributed by atoms with Crippen LogP contribution >= 0.6 is 11.6 Å². The lowest BCUT2D eigenvalue weighted by Crippen LogP contribution is -2.42. The maximum atomic E-state index is 12.4. The van der Waals surface area contributed by atoms with Crippen molar-refractivity contribution >= 4 is 44.7 Å². The number of nitriles is 1. The molecule has 2 heterocycles. The van der Waals surface area contributed by atoms with Crippen LogP contribution < -0.4 is 5.32 Å². The lowest BCUT2D eigenvalue weighted by atomic mass is 10.1. The highest BCUT2D eigenvalue weighted by molar-refractivity contribution is 7.91. The summed E-state index contributed by atoms with van der Waals surface area (Å²) in [6.45, 7) is 0. The molecule has 1 aromatic carbocycles. The first kappa shape index (κ1) is 18.4. The van der Waals surface area contributed by atoms with Crippen molar-refractivity contribution in [1.29, 1.82) is 5.26 Å². The van der Waals surface area contributed by atoms with Gasteiger partial charge in [0.05, 0.1) is 28.1 Å². The molecule has 136 valence electrons. The second-order valence-corrected chi connectivity index (χ2v) is 8.74. The maximum absolute atomic E-state index is 12.4. The summed E-state index contributed by atoms with van der Waals surface area (Å²) in [5, 5.41) is 16.9. The van der Waals surface area contributed by atoms with E-state index in [1.54, 1.807) is 0 Å². The summed E-state index contributed by atoms with van der Waals surface area (Å²) in [7, 11) is -3.17. The van der Waals surface area contributed by atoms with E-state index in [-0.39, 0.29) is 41.0 Å². The summed E-state index contributed by atoms with van der Waals surface area (Å²) in [6.07, 6.45) is 0.583. The molecule has 2 aliphatic heterocycles. The average molecular weight is 395 g/mol. The molecule has 2 amide bonds. The third kappa shape index (κ3) is 3.86. The third-order valence-electron chi connectivity index (χ3n) is 4.22. The number of hydrazone groups is 1. The Hall–Kier alpha value is -2.44. The number of amides is 2. The van der Waals surface area contributed by atoms with Crippen LogP contribution in [0, 0.1) is 11.3 Å². The van der Waals surface area contributed by atoms with Gasteiger partial charge in [-0.25, -0.2) is 13.4 Å². The van der Waals surface area contributed by atoms with Gasteiger partial charge in [0.1, 0.15) is 11.8 Å². The van der Waals surface area contributed by atoms with Gasteiger partial charge in [-0.3, -0.25) is 9.59 Å². The normalized spacial score (nSPS) is 21.8. The van der Waals surface area contributed by atoms with E-state index in [0.29, 0.717) is 17.7 Å². The number of hydrogen-bond donors (Lipinski definition) is 1. The van der Waals surface area contributed by atoms with E-state index in [1.807, 2.05) is 6.07 Å². The van der Waals surface area contributed by atoms with Gasteiger partial charge < -0.3 is 5.32 Å². The molecule has 1 saturated heterocycles. The zero-order chi connectivity index (χ0) is 18.9. The molecule has 0 radical (unpaired) electrons. The van der Waals surface area contributed by atoms with Crippen LogP contribution in [0.2, 0.25) is 5.02 Å². The van der Waals surface area contributed by atoms with Gasteiger partial charge in [0.25, 0.3) is 5.91 Å². The molecule has 2 aliphatic rings. The lowest BCUT2D eigenvalue weighted by Gasteiger charge is -2.27. The molecule has 0 unspecified atom stereocenters. The van der Waals surface area contributed by atoms with E-state index < -0.39 is 21.8 Å². The van der Waals surface area contributed by atoms with Crippen LogP contribution in [0.1, 0.15) is 24.8 Å². The van der Waals surface area contributed by atoms with E-state index in [2.05, 4.69) is 10.4 Å². The highest BCUT2D eigenvalue weighted by Gasteiger charge is 2.37. The molecule has 10 heteroatoms. The Morgan fingerprint density at radius 1 is 1.38 bits per heavy atom. The van der Waals surface area contributed by atoms with Crippen molar-refractivity contribution in [2.75, 3.05) is 16.8 Å². The van der Waals surface area contributed by atoms with Gasteiger partial charge in [0.15, 0.2) is 9.84 Å². The number of carbonyl (C=O) groups excluding carboxylic acids is 2. The summed E-state index contributed by atoms with van der Waals surface area (Å²) in [4.78, 5) is 24.5. The van der Waals surface area contributed by atoms with E-state index in [0.717, 1.165) is 5.01 Å². The summed E-state index contributed by atoms with van der Waals surface area (Å²) in [5.41, 5.74) is 0.835. The standard InChI is InChI=1S/C16H15ClN4O4S/c17-13-7-11(2-1-10(13)8-18)19-16(23)14-3-4-15(22)21(20-14)12-5-6-26(24,25)9-12/h1-2,7,12H,3-6,9H2,(H,19,23)/t12-/m0/s1. The smallest absolute Gasteiger partial charge is 0.271 e. The lowest BCUT2D eigenvalue weighted by molar-refractivity contribution is -0.133. The summed E-state index contributed by atoms with van der Waals surface area (Å²) in [6, 6.07) is 5.88. The number of hydrogen-bond acceptors (Lipinski definition) is 6. The molecule has 26 heavy (non-hydrogen) atoms. The van der Waals surface area contributed by atoms with Crippen molar-refractivity contribution in [3.63, 3.8) is 0 Å². The molecule has 1 aromatic rings. The predicted molar refractivity (Wildman–Crippen MR) is 95.4 cm³/mol. The predicted octanol–water partition coefficient (Wildman–Crippen LogP) is 1.32. The van der Waals surface area contributed by atoms with Crippen molar-refractivity contribution in [2.24, 2.45) is 5.10 Å². The monoisotopic (exact) mass is 394 g/mol. The van der Waals surface area contributed by atoms with Crippen LogP contribution in [-0.2, 0) is 19.4 Å². The van der Waals surface area contributed by atoms with Crippen LogP contribution in [0.3, 0.4) is 0 Å². The molecule has 0 saturated carbocycles. The number of rotatable bonds is 3. The molecular formula is C16H15ClN4O4S. The first-order valence-electron chi connectivity index (χ1n) is 7.90. The van der Waals surface area contributed by atoms with Crippen LogP contribution in [-0.4, -0.2) is 48.5 Å². The van der Waals surface area contributed by atoms with Gasteiger partial charge in [0, 0.05) is 18.5 Å². The Bertz CT molecular complexity index is 951. The minimum Gasteiger partial charge on any atom is -0.321 e. The van der Waals surface area contributed by atoms with Gasteiger partial charge in [-0.1, -0.05) is 11.6 Å². The molecule has 1 N–H and O–H groups in total. The van der Waals surface area contributed by atoms with Crippen molar-refractivity contribution < 1.29 is 18.0 Å². The highest BCUT2D eigenvalue weighted by Crippen LogP contribution is 2.23. The van der Waals surface area contributed by atoms with Gasteiger partial charge in [-0.2, -0.15) is 10.4 Å². The number of nitrogens with zero attached hydrogens (tertiary/aromatic N) is 3. The molecule has 0 spiro atoms. The van der Waals surface area contributed by atoms with Crippen LogP contribution in [0.5, 0.6) is 0 Å². The highest BCUT2D eigenvalue weighted by atomic mass is 35.5. The fourth-order valence-corrected chi connectivity index (χ4v) is 4.79. The Kier molecular flexibility index (Phi) is 4.98. The second kappa shape index (κ2) is 7.05. The third-order valence-corrected chi connectivity index (χ3v) is 6.29. The topological polar surface area (TPSA) is 120 Å². The van der Waals surface area contributed by atoms with Crippen molar-refractivity contribution in [3.05, 3.63) is 28.8 Å². The quantitative estimate of drug-likeness (QED) is 0.828. The number of halogens is 1. The molecule has 1 atom stereocenters. The van der Waals surface area contributed by atoms with Gasteiger partial charge in [0.2, 0.25) is 5.91 Å². The fourth-order valence-electron chi connectivity index (χ4n) is 2.87. The maximum Gasteiger partial charge on any atom is 0.271 e. The van der Waals surface area contributed by atoms with E-state index in [1.165, 1.54) is 18.2 Å². The van der Waals surface area contributed by atoms with Gasteiger partial charge >= 0.3 is 0 Å². The number of sulfone groups is 1. The molecular weight excluding hydrogens is 380 g/mol.